The smallest absolute Gasteiger partial charge is 0.310 e. The van der Waals surface area contributed by atoms with Crippen molar-refractivity contribution >= 4 is 11.9 Å². The quantitative estimate of drug-likeness (QED) is 0.692. The first-order valence-corrected chi connectivity index (χ1v) is 7.48. The Morgan fingerprint density at radius 2 is 1.90 bits per heavy atom. The summed E-state index contributed by atoms with van der Waals surface area (Å²) in [5.41, 5.74) is 1.16. The molecular formula is C17H25NO3. The minimum atomic E-state index is -0.290. The van der Waals surface area contributed by atoms with Crippen LogP contribution in [0.15, 0.2) is 30.3 Å². The second-order valence-electron chi connectivity index (χ2n) is 5.25. The number of benzene rings is 1. The van der Waals surface area contributed by atoms with E-state index in [1.165, 1.54) is 7.11 Å². The maximum absolute atomic E-state index is 12.3. The highest BCUT2D eigenvalue weighted by atomic mass is 16.5. The second-order valence-corrected chi connectivity index (χ2v) is 5.25. The highest BCUT2D eigenvalue weighted by molar-refractivity contribution is 5.78. The summed E-state index contributed by atoms with van der Waals surface area (Å²) in [6, 6.07) is 9.96. The maximum Gasteiger partial charge on any atom is 0.310 e. The molecule has 1 unspecified atom stereocenters. The fraction of sp³-hybridized carbons (Fsp3) is 0.529. The topological polar surface area (TPSA) is 46.6 Å². The van der Waals surface area contributed by atoms with Gasteiger partial charge in [0, 0.05) is 19.5 Å². The molecule has 0 aliphatic heterocycles. The average molecular weight is 291 g/mol. The molecular weight excluding hydrogens is 266 g/mol. The van der Waals surface area contributed by atoms with Gasteiger partial charge in [0.2, 0.25) is 5.91 Å². The van der Waals surface area contributed by atoms with Crippen LogP contribution in [0.1, 0.15) is 32.3 Å². The first-order chi connectivity index (χ1) is 10.1. The fourth-order valence-corrected chi connectivity index (χ4v) is 2.25. The van der Waals surface area contributed by atoms with Gasteiger partial charge in [-0.1, -0.05) is 44.2 Å². The number of methoxy groups -OCH3 is 1. The van der Waals surface area contributed by atoms with Gasteiger partial charge >= 0.3 is 5.97 Å². The number of rotatable bonds is 8. The largest absolute Gasteiger partial charge is 0.469 e. The van der Waals surface area contributed by atoms with Crippen molar-refractivity contribution in [2.24, 2.45) is 5.92 Å². The Balaban J connectivity index is 2.54. The lowest BCUT2D eigenvalue weighted by molar-refractivity contribution is -0.146. The Hall–Kier alpha value is -1.84. The number of amides is 1. The van der Waals surface area contributed by atoms with E-state index in [4.69, 9.17) is 4.74 Å². The molecule has 21 heavy (non-hydrogen) atoms. The number of hydrogen-bond acceptors (Lipinski definition) is 3. The molecule has 0 aliphatic carbocycles. The predicted molar refractivity (Wildman–Crippen MR) is 82.8 cm³/mol. The number of aryl methyl sites for hydroxylation is 1. The number of ether oxygens (including phenoxy) is 1. The Morgan fingerprint density at radius 3 is 2.48 bits per heavy atom. The van der Waals surface area contributed by atoms with E-state index in [0.29, 0.717) is 19.5 Å². The van der Waals surface area contributed by atoms with Crippen molar-refractivity contribution < 1.29 is 14.3 Å². The van der Waals surface area contributed by atoms with Gasteiger partial charge in [0.1, 0.15) is 0 Å². The van der Waals surface area contributed by atoms with E-state index in [-0.39, 0.29) is 17.8 Å². The molecule has 1 amide bonds. The number of hydrogen-bond donors (Lipinski definition) is 0. The van der Waals surface area contributed by atoms with Crippen molar-refractivity contribution in [1.29, 1.82) is 0 Å². The van der Waals surface area contributed by atoms with Crippen LogP contribution in [0, 0.1) is 5.92 Å². The molecule has 0 fully saturated rings. The van der Waals surface area contributed by atoms with Crippen molar-refractivity contribution in [2.45, 2.75) is 33.1 Å². The Morgan fingerprint density at radius 1 is 1.24 bits per heavy atom. The Kier molecular flexibility index (Phi) is 7.51. The van der Waals surface area contributed by atoms with Gasteiger partial charge in [0.05, 0.1) is 13.0 Å². The highest BCUT2D eigenvalue weighted by Gasteiger charge is 2.20. The van der Waals surface area contributed by atoms with E-state index >= 15 is 0 Å². The van der Waals surface area contributed by atoms with E-state index in [1.807, 2.05) is 37.3 Å². The molecule has 1 atom stereocenters. The molecule has 4 nitrogen and oxygen atoms in total. The number of carbonyl (C=O) groups excluding carboxylic acids is 2. The SMILES string of the molecule is CCCN(CC(C)C(=O)OC)C(=O)CCc1ccccc1. The van der Waals surface area contributed by atoms with Crippen LogP contribution in [0.3, 0.4) is 0 Å². The number of carbonyl (C=O) groups is 2. The lowest BCUT2D eigenvalue weighted by Gasteiger charge is -2.24. The Labute approximate surface area is 127 Å². The summed E-state index contributed by atoms with van der Waals surface area (Å²) >= 11 is 0. The van der Waals surface area contributed by atoms with Gasteiger partial charge in [-0.15, -0.1) is 0 Å². The molecule has 1 aromatic carbocycles. The molecule has 1 rings (SSSR count). The third kappa shape index (κ3) is 5.98. The van der Waals surface area contributed by atoms with Crippen molar-refractivity contribution in [3.63, 3.8) is 0 Å². The first kappa shape index (κ1) is 17.2. The zero-order valence-electron chi connectivity index (χ0n) is 13.2. The third-order valence-electron chi connectivity index (χ3n) is 3.41. The summed E-state index contributed by atoms with van der Waals surface area (Å²) in [5, 5.41) is 0. The van der Waals surface area contributed by atoms with Crippen LogP contribution in [0.5, 0.6) is 0 Å². The zero-order chi connectivity index (χ0) is 15.7. The van der Waals surface area contributed by atoms with E-state index in [1.54, 1.807) is 11.8 Å². The van der Waals surface area contributed by atoms with E-state index in [0.717, 1.165) is 18.4 Å². The summed E-state index contributed by atoms with van der Waals surface area (Å²) in [6.07, 6.45) is 2.08. The van der Waals surface area contributed by atoms with Crippen LogP contribution in [-0.2, 0) is 20.7 Å². The minimum absolute atomic E-state index is 0.0939. The molecule has 0 bridgehead atoms. The molecule has 0 N–H and O–H groups in total. The molecule has 0 spiro atoms. The fourth-order valence-electron chi connectivity index (χ4n) is 2.25. The molecule has 0 saturated carbocycles. The molecule has 4 heteroatoms. The molecule has 0 saturated heterocycles. The molecule has 116 valence electrons. The summed E-state index contributed by atoms with van der Waals surface area (Å²) in [6.45, 7) is 4.92. The van der Waals surface area contributed by atoms with Crippen LogP contribution in [-0.4, -0.2) is 37.0 Å². The zero-order valence-corrected chi connectivity index (χ0v) is 13.2. The van der Waals surface area contributed by atoms with Gasteiger partial charge in [-0.05, 0) is 18.4 Å². The van der Waals surface area contributed by atoms with Gasteiger partial charge < -0.3 is 9.64 Å². The lowest BCUT2D eigenvalue weighted by atomic mass is 10.1. The summed E-state index contributed by atoms with van der Waals surface area (Å²) in [4.78, 5) is 25.6. The van der Waals surface area contributed by atoms with Gasteiger partial charge in [0.25, 0.3) is 0 Å². The molecule has 0 radical (unpaired) electrons. The summed E-state index contributed by atoms with van der Waals surface area (Å²) < 4.78 is 4.72. The van der Waals surface area contributed by atoms with E-state index < -0.39 is 0 Å². The Bertz CT molecular complexity index is 445. The van der Waals surface area contributed by atoms with Crippen molar-refractivity contribution in [3.05, 3.63) is 35.9 Å². The van der Waals surface area contributed by atoms with Crippen molar-refractivity contribution in [2.75, 3.05) is 20.2 Å². The standard InChI is InChI=1S/C17H25NO3/c1-4-12-18(13-14(2)17(20)21-3)16(19)11-10-15-8-6-5-7-9-15/h5-9,14H,4,10-13H2,1-3H3. The van der Waals surface area contributed by atoms with Crippen LogP contribution in [0.25, 0.3) is 0 Å². The predicted octanol–water partition coefficient (Wildman–Crippen LogP) is 2.67. The first-order valence-electron chi connectivity index (χ1n) is 7.48. The van der Waals surface area contributed by atoms with Gasteiger partial charge in [-0.3, -0.25) is 9.59 Å². The van der Waals surface area contributed by atoms with Crippen LogP contribution in [0.4, 0.5) is 0 Å². The maximum atomic E-state index is 12.3. The third-order valence-corrected chi connectivity index (χ3v) is 3.41. The monoisotopic (exact) mass is 291 g/mol. The number of esters is 1. The minimum Gasteiger partial charge on any atom is -0.469 e. The number of nitrogens with zero attached hydrogens (tertiary/aromatic N) is 1. The summed E-state index contributed by atoms with van der Waals surface area (Å²) in [5.74, 6) is -0.467. The van der Waals surface area contributed by atoms with Gasteiger partial charge in [-0.2, -0.15) is 0 Å². The van der Waals surface area contributed by atoms with Crippen LogP contribution in [0.2, 0.25) is 0 Å². The lowest BCUT2D eigenvalue weighted by Crippen LogP contribution is -2.37. The van der Waals surface area contributed by atoms with Gasteiger partial charge in [0.15, 0.2) is 0 Å². The summed E-state index contributed by atoms with van der Waals surface area (Å²) in [7, 11) is 1.38. The van der Waals surface area contributed by atoms with E-state index in [2.05, 4.69) is 0 Å². The van der Waals surface area contributed by atoms with Crippen LogP contribution >= 0.6 is 0 Å². The normalized spacial score (nSPS) is 11.8. The molecule has 0 heterocycles. The second kappa shape index (κ2) is 9.16. The molecule has 0 aliphatic rings. The molecule has 0 aromatic heterocycles. The van der Waals surface area contributed by atoms with Crippen molar-refractivity contribution in [1.82, 2.24) is 4.90 Å². The molecule has 1 aromatic rings. The average Bonchev–Trinajstić information content (AvgIpc) is 2.52. The van der Waals surface area contributed by atoms with Gasteiger partial charge in [-0.25, -0.2) is 0 Å². The van der Waals surface area contributed by atoms with Crippen molar-refractivity contribution in [3.8, 4) is 0 Å². The van der Waals surface area contributed by atoms with Crippen LogP contribution < -0.4 is 0 Å². The highest BCUT2D eigenvalue weighted by Crippen LogP contribution is 2.08. The van der Waals surface area contributed by atoms with E-state index in [9.17, 15) is 9.59 Å².